The van der Waals surface area contributed by atoms with Crippen LogP contribution in [-0.2, 0) is 4.74 Å². The number of piperidine rings is 1. The molecule has 0 aliphatic carbocycles. The lowest BCUT2D eigenvalue weighted by Crippen LogP contribution is -2.33. The number of carbonyl (C=O) groups excluding carboxylic acids is 1. The first-order valence-corrected chi connectivity index (χ1v) is 8.34. The summed E-state index contributed by atoms with van der Waals surface area (Å²) in [6.07, 6.45) is 2.65. The van der Waals surface area contributed by atoms with E-state index in [1.54, 1.807) is 12.1 Å². The number of hydrogen-bond acceptors (Lipinski definition) is 4. The van der Waals surface area contributed by atoms with Gasteiger partial charge in [0.05, 0.1) is 6.10 Å². The minimum atomic E-state index is -0.548. The molecular weight excluding hydrogens is 292 g/mol. The predicted octanol–water partition coefficient (Wildman–Crippen LogP) is 3.55. The molecule has 1 aliphatic heterocycles. The predicted molar refractivity (Wildman–Crippen MR) is 91.5 cm³/mol. The maximum absolute atomic E-state index is 11.8. The second-order valence-electron chi connectivity index (χ2n) is 7.13. The van der Waals surface area contributed by atoms with Gasteiger partial charge in [0.15, 0.2) is 0 Å². The van der Waals surface area contributed by atoms with Crippen molar-refractivity contribution in [3.05, 3.63) is 29.8 Å². The summed E-state index contributed by atoms with van der Waals surface area (Å²) in [6, 6.07) is 7.32. The van der Waals surface area contributed by atoms with Crippen LogP contribution >= 0.6 is 0 Å². The van der Waals surface area contributed by atoms with Crippen molar-refractivity contribution in [1.29, 1.82) is 0 Å². The van der Waals surface area contributed by atoms with E-state index in [9.17, 15) is 9.90 Å². The Morgan fingerprint density at radius 3 is 2.65 bits per heavy atom. The van der Waals surface area contributed by atoms with Crippen LogP contribution in [0.15, 0.2) is 24.3 Å². The molecule has 128 valence electrons. The van der Waals surface area contributed by atoms with Crippen molar-refractivity contribution < 1.29 is 14.6 Å². The van der Waals surface area contributed by atoms with E-state index in [1.165, 1.54) is 19.3 Å². The van der Waals surface area contributed by atoms with Crippen LogP contribution in [-0.4, -0.2) is 41.3 Å². The molecule has 1 amide bonds. The van der Waals surface area contributed by atoms with Crippen molar-refractivity contribution in [1.82, 2.24) is 4.90 Å². The molecule has 23 heavy (non-hydrogen) atoms. The topological polar surface area (TPSA) is 61.8 Å². The molecule has 1 saturated heterocycles. The van der Waals surface area contributed by atoms with Crippen LogP contribution in [0.4, 0.5) is 10.5 Å². The van der Waals surface area contributed by atoms with Crippen molar-refractivity contribution in [3.63, 3.8) is 0 Å². The number of nitrogens with zero attached hydrogens (tertiary/aromatic N) is 1. The van der Waals surface area contributed by atoms with E-state index >= 15 is 0 Å². The lowest BCUT2D eigenvalue weighted by molar-refractivity contribution is 0.0635. The SMILES string of the molecule is CC(C)(C)OC(=O)Nc1cccc(C(O)CN2CCCCC2)c1. The summed E-state index contributed by atoms with van der Waals surface area (Å²) in [7, 11) is 0. The second-order valence-corrected chi connectivity index (χ2v) is 7.13. The third-order valence-corrected chi connectivity index (χ3v) is 3.80. The van der Waals surface area contributed by atoms with Gasteiger partial charge in [0.1, 0.15) is 5.60 Å². The van der Waals surface area contributed by atoms with Crippen LogP contribution in [0.2, 0.25) is 0 Å². The normalized spacial score (nSPS) is 17.6. The van der Waals surface area contributed by atoms with E-state index in [1.807, 2.05) is 32.9 Å². The molecule has 5 heteroatoms. The van der Waals surface area contributed by atoms with Crippen molar-refractivity contribution in [3.8, 4) is 0 Å². The second kappa shape index (κ2) is 7.79. The lowest BCUT2D eigenvalue weighted by atomic mass is 10.1. The van der Waals surface area contributed by atoms with Gasteiger partial charge in [0, 0.05) is 12.2 Å². The van der Waals surface area contributed by atoms with E-state index in [0.29, 0.717) is 12.2 Å². The van der Waals surface area contributed by atoms with E-state index < -0.39 is 17.8 Å². The highest BCUT2D eigenvalue weighted by Crippen LogP contribution is 2.21. The quantitative estimate of drug-likeness (QED) is 0.890. The van der Waals surface area contributed by atoms with Crippen LogP contribution < -0.4 is 5.32 Å². The van der Waals surface area contributed by atoms with Gasteiger partial charge in [-0.2, -0.15) is 0 Å². The van der Waals surface area contributed by atoms with Crippen LogP contribution in [0.25, 0.3) is 0 Å². The lowest BCUT2D eigenvalue weighted by Gasteiger charge is -2.28. The third kappa shape index (κ3) is 6.20. The third-order valence-electron chi connectivity index (χ3n) is 3.80. The van der Waals surface area contributed by atoms with Gasteiger partial charge < -0.3 is 14.7 Å². The van der Waals surface area contributed by atoms with Crippen LogP contribution in [0.5, 0.6) is 0 Å². The molecule has 1 aromatic rings. The highest BCUT2D eigenvalue weighted by molar-refractivity contribution is 5.84. The van der Waals surface area contributed by atoms with Crippen LogP contribution in [0, 0.1) is 0 Å². The number of amides is 1. The number of aliphatic hydroxyl groups is 1. The smallest absolute Gasteiger partial charge is 0.412 e. The Hall–Kier alpha value is -1.59. The number of hydrogen-bond donors (Lipinski definition) is 2. The summed E-state index contributed by atoms with van der Waals surface area (Å²) >= 11 is 0. The van der Waals surface area contributed by atoms with Gasteiger partial charge in [-0.3, -0.25) is 5.32 Å². The fourth-order valence-electron chi connectivity index (χ4n) is 2.74. The van der Waals surface area contributed by atoms with Crippen molar-refractivity contribution in [2.24, 2.45) is 0 Å². The standard InChI is InChI=1S/C18H28N2O3/c1-18(2,3)23-17(22)19-15-9-7-8-14(12-15)16(21)13-20-10-5-4-6-11-20/h7-9,12,16,21H,4-6,10-11,13H2,1-3H3,(H,19,22). The number of aliphatic hydroxyl groups excluding tert-OH is 1. The molecule has 2 rings (SSSR count). The molecule has 2 N–H and O–H groups in total. The minimum Gasteiger partial charge on any atom is -0.444 e. The maximum Gasteiger partial charge on any atom is 0.412 e. The van der Waals surface area contributed by atoms with Gasteiger partial charge in [-0.15, -0.1) is 0 Å². The van der Waals surface area contributed by atoms with Gasteiger partial charge in [0.25, 0.3) is 0 Å². The first-order valence-electron chi connectivity index (χ1n) is 8.34. The summed E-state index contributed by atoms with van der Waals surface area (Å²) in [5.74, 6) is 0. The molecule has 0 aromatic heterocycles. The first-order chi connectivity index (χ1) is 10.8. The van der Waals surface area contributed by atoms with E-state index in [-0.39, 0.29) is 0 Å². The summed E-state index contributed by atoms with van der Waals surface area (Å²) in [6.45, 7) is 8.21. The summed E-state index contributed by atoms with van der Waals surface area (Å²) in [5.41, 5.74) is 0.911. The van der Waals surface area contributed by atoms with Gasteiger partial charge in [-0.1, -0.05) is 18.6 Å². The van der Waals surface area contributed by atoms with Gasteiger partial charge in [0.2, 0.25) is 0 Å². The van der Waals surface area contributed by atoms with E-state index in [0.717, 1.165) is 18.7 Å². The molecule has 1 atom stereocenters. The number of rotatable bonds is 4. The number of likely N-dealkylation sites (tertiary alicyclic amines) is 1. The number of benzene rings is 1. The number of nitrogens with one attached hydrogen (secondary N) is 1. The number of ether oxygens (including phenoxy) is 1. The Bertz CT molecular complexity index is 519. The molecule has 1 unspecified atom stereocenters. The molecule has 1 aliphatic rings. The van der Waals surface area contributed by atoms with Crippen LogP contribution in [0.1, 0.15) is 51.7 Å². The molecule has 1 heterocycles. The highest BCUT2D eigenvalue weighted by atomic mass is 16.6. The molecule has 5 nitrogen and oxygen atoms in total. The zero-order chi connectivity index (χ0) is 16.9. The summed E-state index contributed by atoms with van der Waals surface area (Å²) in [5, 5.41) is 13.1. The zero-order valence-corrected chi connectivity index (χ0v) is 14.3. The van der Waals surface area contributed by atoms with E-state index in [2.05, 4.69) is 10.2 Å². The Balaban J connectivity index is 1.94. The monoisotopic (exact) mass is 320 g/mol. The van der Waals surface area contributed by atoms with Crippen LogP contribution in [0.3, 0.4) is 0 Å². The molecule has 0 radical (unpaired) electrons. The number of carbonyl (C=O) groups is 1. The fourth-order valence-corrected chi connectivity index (χ4v) is 2.74. The Kier molecular flexibility index (Phi) is 6.02. The Morgan fingerprint density at radius 1 is 1.30 bits per heavy atom. The summed E-state index contributed by atoms with van der Waals surface area (Å²) in [4.78, 5) is 14.1. The number of β-amino-alcohol motifs (C(OH)–C–C–N with tert-alkyl or cyclic N) is 1. The van der Waals surface area contributed by atoms with Gasteiger partial charge >= 0.3 is 6.09 Å². The maximum atomic E-state index is 11.8. The molecule has 0 saturated carbocycles. The average molecular weight is 320 g/mol. The molecule has 1 fully saturated rings. The zero-order valence-electron chi connectivity index (χ0n) is 14.3. The minimum absolute atomic E-state index is 0.486. The number of anilines is 1. The first kappa shape index (κ1) is 17.8. The van der Waals surface area contributed by atoms with Crippen molar-refractivity contribution in [2.75, 3.05) is 25.0 Å². The average Bonchev–Trinajstić information content (AvgIpc) is 2.46. The van der Waals surface area contributed by atoms with Gasteiger partial charge in [-0.25, -0.2) is 4.79 Å². The highest BCUT2D eigenvalue weighted by Gasteiger charge is 2.18. The van der Waals surface area contributed by atoms with Gasteiger partial charge in [-0.05, 0) is 64.4 Å². The summed E-state index contributed by atoms with van der Waals surface area (Å²) < 4.78 is 5.24. The fraction of sp³-hybridized carbons (Fsp3) is 0.611. The largest absolute Gasteiger partial charge is 0.444 e. The van der Waals surface area contributed by atoms with Crippen molar-refractivity contribution in [2.45, 2.75) is 51.7 Å². The molecule has 1 aromatic carbocycles. The molecule has 0 spiro atoms. The van der Waals surface area contributed by atoms with Crippen molar-refractivity contribution >= 4 is 11.8 Å². The Morgan fingerprint density at radius 2 is 2.00 bits per heavy atom. The Labute approximate surface area is 138 Å². The van der Waals surface area contributed by atoms with E-state index in [4.69, 9.17) is 4.74 Å². The molecular formula is C18H28N2O3. The molecule has 0 bridgehead atoms.